The lowest BCUT2D eigenvalue weighted by atomic mass is 9.86. The molecule has 2 N–H and O–H groups in total. The van der Waals surface area contributed by atoms with Crippen LogP contribution in [0.25, 0.3) is 0 Å². The van der Waals surface area contributed by atoms with Crippen LogP contribution in [0.15, 0.2) is 48.5 Å². The van der Waals surface area contributed by atoms with Crippen molar-refractivity contribution in [1.82, 2.24) is 5.32 Å². The van der Waals surface area contributed by atoms with E-state index in [0.717, 1.165) is 18.4 Å². The van der Waals surface area contributed by atoms with Gasteiger partial charge in [-0.3, -0.25) is 10.1 Å². The molecule has 0 spiro atoms. The van der Waals surface area contributed by atoms with Gasteiger partial charge in [-0.1, -0.05) is 41.9 Å². The molecule has 1 aliphatic rings. The van der Waals surface area contributed by atoms with E-state index in [-0.39, 0.29) is 29.4 Å². The van der Waals surface area contributed by atoms with E-state index in [1.54, 1.807) is 6.07 Å². The maximum Gasteiger partial charge on any atom is 0.407 e. The van der Waals surface area contributed by atoms with Gasteiger partial charge in [-0.25, -0.2) is 4.79 Å². The maximum atomic E-state index is 11.8. The standard InChI is InChI=1S/C18H18ClN3O4/c19-16-7-6-13(10-17(16)22(24)25)20-14-8-15(9-14)21-18(23)26-11-12-4-2-1-3-5-12/h1-7,10,14-15,20H,8-9,11H2,(H,21,23). The monoisotopic (exact) mass is 375 g/mol. The summed E-state index contributed by atoms with van der Waals surface area (Å²) >= 11 is 5.80. The Bertz CT molecular complexity index is 794. The number of hydrogen-bond acceptors (Lipinski definition) is 5. The summed E-state index contributed by atoms with van der Waals surface area (Å²) in [6, 6.07) is 14.2. The number of nitro groups is 1. The summed E-state index contributed by atoms with van der Waals surface area (Å²) in [7, 11) is 0. The highest BCUT2D eigenvalue weighted by Crippen LogP contribution is 2.30. The highest BCUT2D eigenvalue weighted by atomic mass is 35.5. The van der Waals surface area contributed by atoms with Gasteiger partial charge in [-0.05, 0) is 30.5 Å². The Morgan fingerprint density at radius 1 is 1.19 bits per heavy atom. The predicted molar refractivity (Wildman–Crippen MR) is 98.3 cm³/mol. The Morgan fingerprint density at radius 2 is 1.92 bits per heavy atom. The quantitative estimate of drug-likeness (QED) is 0.585. The van der Waals surface area contributed by atoms with E-state index in [1.807, 2.05) is 30.3 Å². The third-order valence-corrected chi connectivity index (χ3v) is 4.51. The zero-order valence-corrected chi connectivity index (χ0v) is 14.6. The number of alkyl carbamates (subject to hydrolysis) is 1. The Hall–Kier alpha value is -2.80. The molecule has 1 aliphatic carbocycles. The molecule has 0 saturated heterocycles. The number of carbonyl (C=O) groups excluding carboxylic acids is 1. The van der Waals surface area contributed by atoms with Gasteiger partial charge in [0.2, 0.25) is 0 Å². The second-order valence-corrected chi connectivity index (χ2v) is 6.55. The number of amides is 1. The second kappa shape index (κ2) is 8.05. The summed E-state index contributed by atoms with van der Waals surface area (Å²) in [5, 5.41) is 17.0. The molecule has 136 valence electrons. The SMILES string of the molecule is O=C(NC1CC(Nc2ccc(Cl)c([N+](=O)[O-])c2)C1)OCc1ccccc1. The normalized spacial score (nSPS) is 18.5. The molecule has 1 saturated carbocycles. The van der Waals surface area contributed by atoms with Crippen molar-refractivity contribution in [2.24, 2.45) is 0 Å². The van der Waals surface area contributed by atoms with E-state index in [4.69, 9.17) is 16.3 Å². The lowest BCUT2D eigenvalue weighted by Crippen LogP contribution is -2.49. The van der Waals surface area contributed by atoms with Crippen LogP contribution in [0.1, 0.15) is 18.4 Å². The Morgan fingerprint density at radius 3 is 2.62 bits per heavy atom. The number of anilines is 1. The molecule has 7 nitrogen and oxygen atoms in total. The van der Waals surface area contributed by atoms with Crippen LogP contribution in [-0.2, 0) is 11.3 Å². The Kier molecular flexibility index (Phi) is 5.58. The fraction of sp³-hybridized carbons (Fsp3) is 0.278. The van der Waals surface area contributed by atoms with E-state index in [9.17, 15) is 14.9 Å². The van der Waals surface area contributed by atoms with E-state index in [2.05, 4.69) is 10.6 Å². The number of nitrogens with zero attached hydrogens (tertiary/aromatic N) is 1. The smallest absolute Gasteiger partial charge is 0.407 e. The van der Waals surface area contributed by atoms with Gasteiger partial charge in [0, 0.05) is 23.8 Å². The van der Waals surface area contributed by atoms with Crippen LogP contribution in [0.2, 0.25) is 5.02 Å². The van der Waals surface area contributed by atoms with E-state index in [0.29, 0.717) is 5.69 Å². The summed E-state index contributed by atoms with van der Waals surface area (Å²) in [5.41, 5.74) is 1.44. The molecule has 0 unspecified atom stereocenters. The second-order valence-electron chi connectivity index (χ2n) is 6.14. The number of rotatable bonds is 6. The number of carbonyl (C=O) groups is 1. The first-order valence-electron chi connectivity index (χ1n) is 8.19. The molecule has 2 aromatic rings. The minimum atomic E-state index is -0.513. The predicted octanol–water partition coefficient (Wildman–Crippen LogP) is 4.12. The van der Waals surface area contributed by atoms with Gasteiger partial charge in [-0.2, -0.15) is 0 Å². The highest BCUT2D eigenvalue weighted by molar-refractivity contribution is 6.32. The highest BCUT2D eigenvalue weighted by Gasteiger charge is 2.31. The fourth-order valence-corrected chi connectivity index (χ4v) is 2.95. The van der Waals surface area contributed by atoms with Gasteiger partial charge in [0.25, 0.3) is 5.69 Å². The molecular formula is C18H18ClN3O4. The minimum Gasteiger partial charge on any atom is -0.445 e. The minimum absolute atomic E-state index is 0.0260. The summed E-state index contributed by atoms with van der Waals surface area (Å²) in [4.78, 5) is 22.2. The van der Waals surface area contributed by atoms with Crippen molar-refractivity contribution in [3.8, 4) is 0 Å². The van der Waals surface area contributed by atoms with Gasteiger partial charge in [0.15, 0.2) is 0 Å². The summed E-state index contributed by atoms with van der Waals surface area (Å²) < 4.78 is 5.18. The summed E-state index contributed by atoms with van der Waals surface area (Å²) in [6.07, 6.45) is 0.993. The van der Waals surface area contributed by atoms with Crippen molar-refractivity contribution in [1.29, 1.82) is 0 Å². The Labute approximate surface area is 155 Å². The average molecular weight is 376 g/mol. The van der Waals surface area contributed by atoms with Crippen molar-refractivity contribution in [2.75, 3.05) is 5.32 Å². The molecule has 0 bridgehead atoms. The number of nitro benzene ring substituents is 1. The molecule has 26 heavy (non-hydrogen) atoms. The van der Waals surface area contributed by atoms with Crippen molar-refractivity contribution in [3.05, 3.63) is 69.2 Å². The van der Waals surface area contributed by atoms with Crippen LogP contribution in [0.5, 0.6) is 0 Å². The molecular weight excluding hydrogens is 358 g/mol. The molecule has 0 heterocycles. The average Bonchev–Trinajstić information content (AvgIpc) is 2.60. The third kappa shape index (κ3) is 4.64. The fourth-order valence-electron chi connectivity index (χ4n) is 2.76. The van der Waals surface area contributed by atoms with Gasteiger partial charge in [-0.15, -0.1) is 0 Å². The van der Waals surface area contributed by atoms with Crippen LogP contribution >= 0.6 is 11.6 Å². The van der Waals surface area contributed by atoms with Crippen LogP contribution < -0.4 is 10.6 Å². The molecule has 0 radical (unpaired) electrons. The Balaban J connectivity index is 1.41. The first-order valence-corrected chi connectivity index (χ1v) is 8.57. The molecule has 1 amide bonds. The lowest BCUT2D eigenvalue weighted by molar-refractivity contribution is -0.384. The van der Waals surface area contributed by atoms with Crippen LogP contribution in [0.3, 0.4) is 0 Å². The topological polar surface area (TPSA) is 93.5 Å². The lowest BCUT2D eigenvalue weighted by Gasteiger charge is -2.36. The zero-order valence-electron chi connectivity index (χ0n) is 13.9. The molecule has 0 aliphatic heterocycles. The molecule has 2 aromatic carbocycles. The zero-order chi connectivity index (χ0) is 18.5. The number of nitrogens with one attached hydrogen (secondary N) is 2. The summed E-state index contributed by atoms with van der Waals surface area (Å²) in [6.45, 7) is 0.232. The van der Waals surface area contributed by atoms with Crippen molar-refractivity contribution >= 4 is 29.1 Å². The molecule has 3 rings (SSSR count). The van der Waals surface area contributed by atoms with Gasteiger partial charge >= 0.3 is 6.09 Å². The van der Waals surface area contributed by atoms with E-state index in [1.165, 1.54) is 12.1 Å². The van der Waals surface area contributed by atoms with Crippen LogP contribution in [-0.4, -0.2) is 23.1 Å². The van der Waals surface area contributed by atoms with E-state index >= 15 is 0 Å². The van der Waals surface area contributed by atoms with Crippen LogP contribution in [0.4, 0.5) is 16.2 Å². The number of benzene rings is 2. The molecule has 0 aromatic heterocycles. The molecule has 1 fully saturated rings. The first kappa shape index (κ1) is 18.0. The molecule has 8 heteroatoms. The third-order valence-electron chi connectivity index (χ3n) is 4.19. The van der Waals surface area contributed by atoms with Gasteiger partial charge in [0.05, 0.1) is 4.92 Å². The number of ether oxygens (including phenoxy) is 1. The van der Waals surface area contributed by atoms with Gasteiger partial charge < -0.3 is 15.4 Å². The van der Waals surface area contributed by atoms with Gasteiger partial charge in [0.1, 0.15) is 11.6 Å². The van der Waals surface area contributed by atoms with Crippen molar-refractivity contribution < 1.29 is 14.5 Å². The van der Waals surface area contributed by atoms with Crippen molar-refractivity contribution in [2.45, 2.75) is 31.5 Å². The van der Waals surface area contributed by atoms with E-state index < -0.39 is 11.0 Å². The largest absolute Gasteiger partial charge is 0.445 e. The summed E-state index contributed by atoms with van der Waals surface area (Å²) in [5.74, 6) is 0. The number of hydrogen-bond donors (Lipinski definition) is 2. The van der Waals surface area contributed by atoms with Crippen LogP contribution in [0, 0.1) is 10.1 Å². The number of halogens is 1. The maximum absolute atomic E-state index is 11.8. The first-order chi connectivity index (χ1) is 12.5. The van der Waals surface area contributed by atoms with Crippen molar-refractivity contribution in [3.63, 3.8) is 0 Å². The molecule has 0 atom stereocenters.